The number of hydrogen-bond donors (Lipinski definition) is 2. The fourth-order valence-electron chi connectivity index (χ4n) is 0.571. The predicted octanol–water partition coefficient (Wildman–Crippen LogP) is 1.23. The number of nitrogens with zero attached hydrogens (tertiary/aromatic N) is 2. The van der Waals surface area contributed by atoms with Gasteiger partial charge in [0.25, 0.3) is 0 Å². The van der Waals surface area contributed by atoms with Crippen LogP contribution in [-0.4, -0.2) is 26.6 Å². The summed E-state index contributed by atoms with van der Waals surface area (Å²) in [7, 11) is 0. The van der Waals surface area contributed by atoms with Crippen molar-refractivity contribution in [2.24, 2.45) is 5.73 Å². The monoisotopic (exact) mass is 211 g/mol. The van der Waals surface area contributed by atoms with E-state index in [1.54, 1.807) is 6.92 Å². The Hall–Kier alpha value is -1.49. The third-order valence-electron chi connectivity index (χ3n) is 1.02. The van der Waals surface area contributed by atoms with Crippen LogP contribution in [0.4, 0.5) is 0 Å². The summed E-state index contributed by atoms with van der Waals surface area (Å²) in [6, 6.07) is 1.42. The van der Waals surface area contributed by atoms with Crippen LogP contribution in [0.5, 0.6) is 0 Å². The summed E-state index contributed by atoms with van der Waals surface area (Å²) >= 11 is 0. The zero-order valence-electron chi connectivity index (χ0n) is 9.48. The van der Waals surface area contributed by atoms with Crippen molar-refractivity contribution in [1.29, 1.82) is 0 Å². The lowest BCUT2D eigenvalue weighted by Crippen LogP contribution is -2.26. The topological polar surface area (TPSA) is 89.1 Å². The van der Waals surface area contributed by atoms with E-state index in [0.717, 1.165) is 0 Å². The number of aryl methyl sites for hydroxylation is 1. The molecule has 0 aromatic carbocycles. The van der Waals surface area contributed by atoms with Gasteiger partial charge < -0.3 is 10.8 Å². The molecule has 0 spiro atoms. The third-order valence-corrected chi connectivity index (χ3v) is 1.02. The molecule has 0 radical (unpaired) electrons. The zero-order valence-corrected chi connectivity index (χ0v) is 9.48. The molecule has 1 aromatic rings. The summed E-state index contributed by atoms with van der Waals surface area (Å²) in [4.78, 5) is 17.5. The van der Waals surface area contributed by atoms with Crippen LogP contribution >= 0.6 is 0 Å². The first-order valence-electron chi connectivity index (χ1n) is 4.51. The van der Waals surface area contributed by atoms with E-state index >= 15 is 0 Å². The summed E-state index contributed by atoms with van der Waals surface area (Å²) in [5, 5.41) is 8.42. The molecule has 0 unspecified atom stereocenters. The number of carboxylic acid groups (broad SMARTS) is 1. The quantitative estimate of drug-likeness (QED) is 0.729. The van der Waals surface area contributed by atoms with Crippen molar-refractivity contribution in [1.82, 2.24) is 9.97 Å². The summed E-state index contributed by atoms with van der Waals surface area (Å²) in [6.45, 7) is 7.61. The molecule has 5 nitrogen and oxygen atoms in total. The Bertz CT molecular complexity index is 326. The van der Waals surface area contributed by atoms with Crippen molar-refractivity contribution in [2.75, 3.05) is 0 Å². The van der Waals surface area contributed by atoms with Crippen LogP contribution in [0.2, 0.25) is 0 Å². The van der Waals surface area contributed by atoms with Crippen LogP contribution in [0.3, 0.4) is 0 Å². The lowest BCUT2D eigenvalue weighted by Gasteiger charge is -2.06. The molecular weight excluding hydrogens is 194 g/mol. The molecule has 0 atom stereocenters. The van der Waals surface area contributed by atoms with Gasteiger partial charge in [-0.1, -0.05) is 0 Å². The Morgan fingerprint density at radius 2 is 1.87 bits per heavy atom. The van der Waals surface area contributed by atoms with E-state index in [1.807, 2.05) is 20.8 Å². The molecule has 1 aromatic heterocycles. The summed E-state index contributed by atoms with van der Waals surface area (Å²) in [6.07, 6.45) is 1.23. The molecule has 0 bridgehead atoms. The smallest absolute Gasteiger partial charge is 0.354 e. The minimum Gasteiger partial charge on any atom is -0.477 e. The number of nitrogens with two attached hydrogens (primary N) is 1. The minimum atomic E-state index is -1.02. The van der Waals surface area contributed by atoms with Gasteiger partial charge in [0.05, 0.1) is 0 Å². The number of carboxylic acids is 1. The van der Waals surface area contributed by atoms with Gasteiger partial charge in [0.1, 0.15) is 6.33 Å². The second-order valence-electron chi connectivity index (χ2n) is 4.22. The fraction of sp³-hybridized carbons (Fsp3) is 0.500. The van der Waals surface area contributed by atoms with Crippen molar-refractivity contribution in [3.05, 3.63) is 23.8 Å². The zero-order chi connectivity index (χ0) is 12.1. The predicted molar refractivity (Wildman–Crippen MR) is 57.7 cm³/mol. The molecule has 1 heterocycles. The van der Waals surface area contributed by atoms with Gasteiger partial charge in [-0.15, -0.1) is 0 Å². The average Bonchev–Trinajstić information content (AvgIpc) is 2.00. The highest BCUT2D eigenvalue weighted by Gasteiger charge is 2.02. The van der Waals surface area contributed by atoms with Crippen LogP contribution in [0.1, 0.15) is 37.0 Å². The molecule has 0 amide bonds. The number of hydrogen-bond acceptors (Lipinski definition) is 4. The van der Waals surface area contributed by atoms with Crippen LogP contribution in [0.25, 0.3) is 0 Å². The molecule has 0 fully saturated rings. The molecule has 0 saturated carbocycles. The number of aromatic nitrogens is 2. The molecule has 0 aliphatic carbocycles. The summed E-state index contributed by atoms with van der Waals surface area (Å²) in [5.74, 6) is -1.02. The van der Waals surface area contributed by atoms with Crippen molar-refractivity contribution >= 4 is 5.97 Å². The summed E-state index contributed by atoms with van der Waals surface area (Å²) in [5.41, 5.74) is 6.05. The van der Waals surface area contributed by atoms with Gasteiger partial charge in [-0.2, -0.15) is 0 Å². The molecule has 1 rings (SSSR count). The van der Waals surface area contributed by atoms with E-state index in [4.69, 9.17) is 10.8 Å². The van der Waals surface area contributed by atoms with E-state index < -0.39 is 5.97 Å². The first-order chi connectivity index (χ1) is 6.70. The standard InChI is InChI=1S/C6H6N2O2.C4H11N/c1-4-2-5(6(9)10)8-3-7-4;1-4(2,3)5/h2-3H,1H3,(H,9,10);5H2,1-3H3. The molecular formula is C10H17N3O2. The molecule has 5 heteroatoms. The van der Waals surface area contributed by atoms with Crippen LogP contribution < -0.4 is 5.73 Å². The highest BCUT2D eigenvalue weighted by Crippen LogP contribution is 1.94. The SMILES string of the molecule is CC(C)(C)N.Cc1cc(C(=O)O)ncn1. The molecule has 3 N–H and O–H groups in total. The summed E-state index contributed by atoms with van der Waals surface area (Å²) < 4.78 is 0. The van der Waals surface area contributed by atoms with E-state index in [0.29, 0.717) is 5.69 Å². The number of carbonyl (C=O) groups is 1. The Morgan fingerprint density at radius 3 is 2.13 bits per heavy atom. The Morgan fingerprint density at radius 1 is 1.40 bits per heavy atom. The third kappa shape index (κ3) is 8.83. The lowest BCUT2D eigenvalue weighted by molar-refractivity contribution is 0.0690. The lowest BCUT2D eigenvalue weighted by atomic mass is 10.1. The van der Waals surface area contributed by atoms with Gasteiger partial charge >= 0.3 is 5.97 Å². The first kappa shape index (κ1) is 13.5. The van der Waals surface area contributed by atoms with Crippen molar-refractivity contribution in [3.63, 3.8) is 0 Å². The van der Waals surface area contributed by atoms with E-state index in [2.05, 4.69) is 9.97 Å². The Labute approximate surface area is 89.4 Å². The van der Waals surface area contributed by atoms with E-state index in [1.165, 1.54) is 12.4 Å². The Kier molecular flexibility index (Phi) is 4.87. The molecule has 0 saturated heterocycles. The van der Waals surface area contributed by atoms with Crippen LogP contribution in [0, 0.1) is 6.92 Å². The largest absolute Gasteiger partial charge is 0.477 e. The second kappa shape index (κ2) is 5.41. The van der Waals surface area contributed by atoms with Crippen molar-refractivity contribution in [2.45, 2.75) is 33.2 Å². The van der Waals surface area contributed by atoms with Gasteiger partial charge in [-0.05, 0) is 33.8 Å². The van der Waals surface area contributed by atoms with E-state index in [9.17, 15) is 4.79 Å². The maximum atomic E-state index is 10.3. The van der Waals surface area contributed by atoms with Gasteiger partial charge in [0.15, 0.2) is 5.69 Å². The van der Waals surface area contributed by atoms with Gasteiger partial charge in [-0.25, -0.2) is 14.8 Å². The Balaban J connectivity index is 0.000000336. The fourth-order valence-corrected chi connectivity index (χ4v) is 0.571. The van der Waals surface area contributed by atoms with Crippen LogP contribution in [-0.2, 0) is 0 Å². The van der Waals surface area contributed by atoms with Crippen molar-refractivity contribution < 1.29 is 9.90 Å². The van der Waals surface area contributed by atoms with Gasteiger partial charge in [0.2, 0.25) is 0 Å². The highest BCUT2D eigenvalue weighted by molar-refractivity contribution is 5.85. The highest BCUT2D eigenvalue weighted by atomic mass is 16.4. The number of rotatable bonds is 1. The molecule has 0 aliphatic heterocycles. The second-order valence-corrected chi connectivity index (χ2v) is 4.22. The molecule has 0 aliphatic rings. The maximum Gasteiger partial charge on any atom is 0.354 e. The average molecular weight is 211 g/mol. The maximum absolute atomic E-state index is 10.3. The molecule has 84 valence electrons. The minimum absolute atomic E-state index is 0. The van der Waals surface area contributed by atoms with Crippen LogP contribution in [0.15, 0.2) is 12.4 Å². The van der Waals surface area contributed by atoms with Crippen molar-refractivity contribution in [3.8, 4) is 0 Å². The van der Waals surface area contributed by atoms with Gasteiger partial charge in [-0.3, -0.25) is 0 Å². The first-order valence-corrected chi connectivity index (χ1v) is 4.51. The molecule has 15 heavy (non-hydrogen) atoms. The van der Waals surface area contributed by atoms with E-state index in [-0.39, 0.29) is 11.2 Å². The number of aromatic carboxylic acids is 1. The van der Waals surface area contributed by atoms with Gasteiger partial charge in [0, 0.05) is 11.2 Å². The normalized spacial score (nSPS) is 10.2.